The van der Waals surface area contributed by atoms with Gasteiger partial charge in [0.15, 0.2) is 0 Å². The van der Waals surface area contributed by atoms with Crippen molar-refractivity contribution in [2.45, 2.75) is 87.6 Å². The number of allylic oxidation sites excluding steroid dienone is 1. The first-order chi connectivity index (χ1) is 24.4. The molecule has 8 atom stereocenters. The van der Waals surface area contributed by atoms with Crippen molar-refractivity contribution in [2.75, 3.05) is 31.6 Å². The maximum atomic E-state index is 14.9. The minimum Gasteiger partial charge on any atom is -0.455 e. The standard InChI is InChI=1S/C40H50BrN3O7/c1-7-9-17-31(46)42(6)27(5)34(28-15-11-10-12-16-28)50-39(49)32-33-37(47)44(21-13-14-22-45)36(40(33)24-29(41)35(32)51-40)38(48)43(20-8-2)30-23-25(3)18-19-26(30)4/h7-8,10-12,15-16,18-19,23,27,29,32-36,45H,1-2,9,13-14,17,20-22,24H2,3-6H3/t27-,29?,32-,33+,34+,35-,36-,40+/m0/s1. The number of aliphatic hydroxyl groups excluding tert-OH is 1. The van der Waals surface area contributed by atoms with Gasteiger partial charge in [-0.3, -0.25) is 19.2 Å². The van der Waals surface area contributed by atoms with Crippen molar-refractivity contribution >= 4 is 45.3 Å². The molecule has 11 heteroatoms. The molecule has 2 aromatic carbocycles. The Bertz CT molecular complexity index is 1630. The first-order valence-corrected chi connectivity index (χ1v) is 18.7. The fourth-order valence-corrected chi connectivity index (χ4v) is 8.97. The molecular weight excluding hydrogens is 714 g/mol. The van der Waals surface area contributed by atoms with Gasteiger partial charge >= 0.3 is 5.97 Å². The third kappa shape index (κ3) is 7.30. The van der Waals surface area contributed by atoms with E-state index in [1.54, 1.807) is 33.9 Å². The van der Waals surface area contributed by atoms with Gasteiger partial charge in [0, 0.05) is 43.7 Å². The zero-order valence-corrected chi connectivity index (χ0v) is 31.6. The molecule has 1 unspecified atom stereocenters. The minimum absolute atomic E-state index is 0.0547. The predicted molar refractivity (Wildman–Crippen MR) is 199 cm³/mol. The van der Waals surface area contributed by atoms with Crippen LogP contribution in [0.15, 0.2) is 73.8 Å². The molecule has 0 saturated carbocycles. The summed E-state index contributed by atoms with van der Waals surface area (Å²) >= 11 is 3.76. The van der Waals surface area contributed by atoms with E-state index in [0.29, 0.717) is 36.9 Å². The summed E-state index contributed by atoms with van der Waals surface area (Å²) in [5.41, 5.74) is 2.01. The lowest BCUT2D eigenvalue weighted by Crippen LogP contribution is -2.57. The number of carbonyl (C=O) groups excluding carboxylic acids is 4. The number of likely N-dealkylation sites (N-methyl/N-ethyl adjacent to an activating group) is 1. The number of anilines is 1. The molecule has 1 N–H and O–H groups in total. The first-order valence-electron chi connectivity index (χ1n) is 17.8. The van der Waals surface area contributed by atoms with Gasteiger partial charge in [0.1, 0.15) is 17.7 Å². The SMILES string of the molecule is C=CCCC(=O)N(C)[C@@H](C)[C@@H](OC(=O)[C@@H]1[C@H]2O[C@@]3(CC2Br)[C@H](C(=O)N(CC=C)c2cc(C)ccc2C)N(CCCCO)C(=O)[C@@H]13)c1ccccc1. The molecule has 1 spiro atoms. The van der Waals surface area contributed by atoms with Gasteiger partial charge in [0.2, 0.25) is 11.8 Å². The van der Waals surface area contributed by atoms with Crippen LogP contribution >= 0.6 is 15.9 Å². The number of nitrogens with zero attached hydrogens (tertiary/aromatic N) is 3. The Labute approximate surface area is 309 Å². The summed E-state index contributed by atoms with van der Waals surface area (Å²) in [5.74, 6) is -3.33. The highest BCUT2D eigenvalue weighted by molar-refractivity contribution is 9.09. The fraction of sp³-hybridized carbons (Fsp3) is 0.500. The molecule has 10 nitrogen and oxygen atoms in total. The van der Waals surface area contributed by atoms with Gasteiger partial charge in [-0.2, -0.15) is 0 Å². The fourth-order valence-electron chi connectivity index (χ4n) is 8.03. The van der Waals surface area contributed by atoms with Crippen molar-refractivity contribution in [2.24, 2.45) is 11.8 Å². The molecule has 3 saturated heterocycles. The molecule has 51 heavy (non-hydrogen) atoms. The van der Waals surface area contributed by atoms with Crippen LogP contribution < -0.4 is 4.90 Å². The van der Waals surface area contributed by atoms with E-state index in [1.165, 1.54) is 0 Å². The highest BCUT2D eigenvalue weighted by Gasteiger charge is 2.77. The van der Waals surface area contributed by atoms with Crippen LogP contribution in [0.25, 0.3) is 0 Å². The lowest BCUT2D eigenvalue weighted by atomic mass is 9.70. The third-order valence-electron chi connectivity index (χ3n) is 10.7. The van der Waals surface area contributed by atoms with Gasteiger partial charge in [0.25, 0.3) is 5.91 Å². The van der Waals surface area contributed by atoms with E-state index in [1.807, 2.05) is 69.3 Å². The highest BCUT2D eigenvalue weighted by atomic mass is 79.9. The molecule has 3 aliphatic rings. The molecule has 3 heterocycles. The smallest absolute Gasteiger partial charge is 0.313 e. The zero-order valence-electron chi connectivity index (χ0n) is 30.0. The molecule has 3 amide bonds. The number of fused-ring (bicyclic) bond motifs is 1. The Hall–Kier alpha value is -3.80. The molecule has 0 aromatic heterocycles. The van der Waals surface area contributed by atoms with Gasteiger partial charge in [-0.1, -0.05) is 70.5 Å². The number of hydrogen-bond acceptors (Lipinski definition) is 7. The van der Waals surface area contributed by atoms with Crippen molar-refractivity contribution in [3.63, 3.8) is 0 Å². The number of esters is 1. The number of ether oxygens (including phenoxy) is 2. The molecule has 0 radical (unpaired) electrons. The largest absolute Gasteiger partial charge is 0.455 e. The van der Waals surface area contributed by atoms with Crippen molar-refractivity contribution < 1.29 is 33.8 Å². The molecule has 2 aromatic rings. The number of hydrogen-bond donors (Lipinski definition) is 1. The second-order valence-corrected chi connectivity index (χ2v) is 15.2. The number of unbranched alkanes of at least 4 members (excludes halogenated alkanes) is 1. The molecular formula is C40H50BrN3O7. The Kier molecular flexibility index (Phi) is 12.2. The van der Waals surface area contributed by atoms with E-state index >= 15 is 0 Å². The molecule has 0 aliphatic carbocycles. The van der Waals surface area contributed by atoms with E-state index in [0.717, 1.165) is 11.1 Å². The van der Waals surface area contributed by atoms with Gasteiger partial charge in [-0.25, -0.2) is 0 Å². The number of halogens is 1. The average Bonchev–Trinajstić information content (AvgIpc) is 3.72. The van der Waals surface area contributed by atoms with Gasteiger partial charge < -0.3 is 29.3 Å². The Morgan fingerprint density at radius 1 is 1.14 bits per heavy atom. The topological polar surface area (TPSA) is 117 Å². The van der Waals surface area contributed by atoms with Crippen LogP contribution in [0.2, 0.25) is 0 Å². The number of aliphatic hydroxyl groups is 1. The lowest BCUT2D eigenvalue weighted by molar-refractivity contribution is -0.164. The maximum Gasteiger partial charge on any atom is 0.313 e. The molecule has 274 valence electrons. The predicted octanol–water partition coefficient (Wildman–Crippen LogP) is 5.44. The Morgan fingerprint density at radius 3 is 2.53 bits per heavy atom. The maximum absolute atomic E-state index is 14.9. The zero-order chi connectivity index (χ0) is 37.0. The third-order valence-corrected chi connectivity index (χ3v) is 11.6. The number of carbonyl (C=O) groups is 4. The van der Waals surface area contributed by atoms with Crippen molar-refractivity contribution in [3.8, 4) is 0 Å². The lowest BCUT2D eigenvalue weighted by Gasteiger charge is -2.37. The summed E-state index contributed by atoms with van der Waals surface area (Å²) in [7, 11) is 1.69. The summed E-state index contributed by atoms with van der Waals surface area (Å²) in [6.45, 7) is 13.7. The number of likely N-dealkylation sites (tertiary alicyclic amines) is 1. The summed E-state index contributed by atoms with van der Waals surface area (Å²) in [5, 5.41) is 9.59. The average molecular weight is 765 g/mol. The molecule has 3 fully saturated rings. The minimum atomic E-state index is -1.29. The number of benzene rings is 2. The van der Waals surface area contributed by atoms with E-state index < -0.39 is 47.7 Å². The van der Waals surface area contributed by atoms with E-state index in [9.17, 15) is 24.3 Å². The normalized spacial score (nSPS) is 26.0. The second-order valence-electron chi connectivity index (χ2n) is 14.0. The van der Waals surface area contributed by atoms with Crippen LogP contribution in [0.1, 0.15) is 61.8 Å². The van der Waals surface area contributed by atoms with Crippen LogP contribution in [0, 0.1) is 25.7 Å². The number of rotatable bonds is 16. The van der Waals surface area contributed by atoms with Crippen molar-refractivity contribution in [1.82, 2.24) is 9.80 Å². The molecule has 5 rings (SSSR count). The highest BCUT2D eigenvalue weighted by Crippen LogP contribution is 2.60. The monoisotopic (exact) mass is 763 g/mol. The van der Waals surface area contributed by atoms with Gasteiger partial charge in [-0.15, -0.1) is 13.2 Å². The summed E-state index contributed by atoms with van der Waals surface area (Å²) < 4.78 is 13.1. The summed E-state index contributed by atoms with van der Waals surface area (Å²) in [6.07, 6.45) is 3.86. The second kappa shape index (κ2) is 16.3. The van der Waals surface area contributed by atoms with Crippen molar-refractivity contribution in [1.29, 1.82) is 0 Å². The van der Waals surface area contributed by atoms with Crippen molar-refractivity contribution in [3.05, 3.63) is 90.5 Å². The van der Waals surface area contributed by atoms with Crippen LogP contribution in [0.5, 0.6) is 0 Å². The quantitative estimate of drug-likeness (QED) is 0.105. The number of amides is 3. The first kappa shape index (κ1) is 38.4. The summed E-state index contributed by atoms with van der Waals surface area (Å²) in [6, 6.07) is 13.6. The van der Waals surface area contributed by atoms with Crippen LogP contribution in [0.4, 0.5) is 5.69 Å². The van der Waals surface area contributed by atoms with Crippen LogP contribution in [-0.2, 0) is 28.7 Å². The van der Waals surface area contributed by atoms with E-state index in [4.69, 9.17) is 9.47 Å². The van der Waals surface area contributed by atoms with Gasteiger partial charge in [0.05, 0.1) is 24.0 Å². The summed E-state index contributed by atoms with van der Waals surface area (Å²) in [4.78, 5) is 61.7. The molecule has 3 aliphatic heterocycles. The number of alkyl halides is 1. The number of aryl methyl sites for hydroxylation is 2. The van der Waals surface area contributed by atoms with Crippen LogP contribution in [-0.4, -0.2) is 94.0 Å². The molecule has 2 bridgehead atoms. The van der Waals surface area contributed by atoms with E-state index in [-0.39, 0.29) is 48.7 Å². The Balaban J connectivity index is 1.53. The van der Waals surface area contributed by atoms with E-state index in [2.05, 4.69) is 29.1 Å². The van der Waals surface area contributed by atoms with Crippen LogP contribution in [0.3, 0.4) is 0 Å². The van der Waals surface area contributed by atoms with Gasteiger partial charge in [-0.05, 0) is 69.2 Å². The Morgan fingerprint density at radius 2 is 1.86 bits per heavy atom.